The Morgan fingerprint density at radius 2 is 1.94 bits per heavy atom. The maximum Gasteiger partial charge on any atom is 0.0705 e. The highest BCUT2D eigenvalue weighted by atomic mass is 14.8. The van der Waals surface area contributed by atoms with Crippen LogP contribution in [0.15, 0.2) is 36.4 Å². The van der Waals surface area contributed by atoms with Gasteiger partial charge < -0.3 is 5.32 Å². The van der Waals surface area contributed by atoms with Crippen LogP contribution in [0.3, 0.4) is 0 Å². The van der Waals surface area contributed by atoms with E-state index < -0.39 is 0 Å². The van der Waals surface area contributed by atoms with E-state index in [2.05, 4.69) is 47.6 Å². The van der Waals surface area contributed by atoms with Crippen molar-refractivity contribution >= 4 is 10.9 Å². The molecule has 2 aromatic rings. The number of aryl methyl sites for hydroxylation is 1. The van der Waals surface area contributed by atoms with Crippen LogP contribution in [0.1, 0.15) is 25.5 Å². The Balaban J connectivity index is 1.90. The molecule has 0 amide bonds. The van der Waals surface area contributed by atoms with Crippen molar-refractivity contribution in [1.29, 1.82) is 0 Å². The summed E-state index contributed by atoms with van der Waals surface area (Å²) >= 11 is 0. The zero-order valence-corrected chi connectivity index (χ0v) is 10.4. The van der Waals surface area contributed by atoms with Gasteiger partial charge in [-0.2, -0.15) is 0 Å². The van der Waals surface area contributed by atoms with Crippen LogP contribution in [0.4, 0.5) is 0 Å². The average molecular weight is 228 g/mol. The van der Waals surface area contributed by atoms with E-state index >= 15 is 0 Å². The van der Waals surface area contributed by atoms with E-state index in [1.807, 2.05) is 6.07 Å². The Morgan fingerprint density at radius 1 is 1.06 bits per heavy atom. The molecule has 1 aromatic heterocycles. The lowest BCUT2D eigenvalue weighted by molar-refractivity contribution is 0.636. The summed E-state index contributed by atoms with van der Waals surface area (Å²) in [7, 11) is 0. The van der Waals surface area contributed by atoms with Gasteiger partial charge in [0.15, 0.2) is 0 Å². The van der Waals surface area contributed by atoms with E-state index in [1.165, 1.54) is 17.5 Å². The molecule has 0 saturated carbocycles. The molecule has 0 aliphatic carbocycles. The molecule has 0 atom stereocenters. The lowest BCUT2D eigenvalue weighted by atomic mass is 10.1. The summed E-state index contributed by atoms with van der Waals surface area (Å²) in [5.41, 5.74) is 2.30. The second-order valence-corrected chi connectivity index (χ2v) is 4.35. The smallest absolute Gasteiger partial charge is 0.0705 e. The number of nitrogens with one attached hydrogen (secondary N) is 1. The van der Waals surface area contributed by atoms with Crippen molar-refractivity contribution < 1.29 is 0 Å². The van der Waals surface area contributed by atoms with Crippen molar-refractivity contribution in [1.82, 2.24) is 10.3 Å². The minimum Gasteiger partial charge on any atom is -0.317 e. The third kappa shape index (κ3) is 3.53. The fourth-order valence-corrected chi connectivity index (χ4v) is 1.94. The van der Waals surface area contributed by atoms with E-state index in [1.54, 1.807) is 0 Å². The van der Waals surface area contributed by atoms with Gasteiger partial charge in [-0.05, 0) is 44.5 Å². The number of benzene rings is 1. The first-order valence-corrected chi connectivity index (χ1v) is 6.45. The Kier molecular flexibility index (Phi) is 4.51. The van der Waals surface area contributed by atoms with Gasteiger partial charge in [0, 0.05) is 11.1 Å². The van der Waals surface area contributed by atoms with E-state index in [9.17, 15) is 0 Å². The third-order valence-electron chi connectivity index (χ3n) is 2.87. The van der Waals surface area contributed by atoms with Crippen LogP contribution in [-0.4, -0.2) is 18.1 Å². The van der Waals surface area contributed by atoms with Gasteiger partial charge in [0.1, 0.15) is 0 Å². The Morgan fingerprint density at radius 3 is 2.82 bits per heavy atom. The Bertz CT molecular complexity index is 465. The molecule has 0 radical (unpaired) electrons. The summed E-state index contributed by atoms with van der Waals surface area (Å²) in [5.74, 6) is 0. The normalized spacial score (nSPS) is 10.9. The molecule has 1 aromatic carbocycles. The number of hydrogen-bond acceptors (Lipinski definition) is 2. The standard InChI is InChI=1S/C15H20N2/c1-2-11-16-12-5-7-14-10-9-13-6-3-4-8-15(13)17-14/h3-4,6,8-10,16H,2,5,7,11-12H2,1H3. The summed E-state index contributed by atoms with van der Waals surface area (Å²) in [5, 5.41) is 4.64. The van der Waals surface area contributed by atoms with Crippen LogP contribution in [0.25, 0.3) is 10.9 Å². The van der Waals surface area contributed by atoms with Gasteiger partial charge in [-0.25, -0.2) is 0 Å². The second-order valence-electron chi connectivity index (χ2n) is 4.35. The zero-order valence-electron chi connectivity index (χ0n) is 10.4. The van der Waals surface area contributed by atoms with Crippen LogP contribution in [0.2, 0.25) is 0 Å². The minimum absolute atomic E-state index is 1.06. The maximum absolute atomic E-state index is 4.67. The third-order valence-corrected chi connectivity index (χ3v) is 2.87. The highest BCUT2D eigenvalue weighted by molar-refractivity contribution is 5.78. The molecule has 1 N–H and O–H groups in total. The summed E-state index contributed by atoms with van der Waals surface area (Å²) in [6.45, 7) is 4.39. The molecule has 0 fully saturated rings. The monoisotopic (exact) mass is 228 g/mol. The molecule has 2 rings (SSSR count). The van der Waals surface area contributed by atoms with Crippen LogP contribution in [0, 0.1) is 0 Å². The summed E-state index contributed by atoms with van der Waals surface area (Å²) in [6, 6.07) is 12.6. The molecule has 0 unspecified atom stereocenters. The summed E-state index contributed by atoms with van der Waals surface area (Å²) in [4.78, 5) is 4.67. The number of para-hydroxylation sites is 1. The largest absolute Gasteiger partial charge is 0.317 e. The van der Waals surface area contributed by atoms with Gasteiger partial charge in [0.05, 0.1) is 5.52 Å². The van der Waals surface area contributed by atoms with Crippen molar-refractivity contribution in [2.24, 2.45) is 0 Å². The van der Waals surface area contributed by atoms with E-state index in [-0.39, 0.29) is 0 Å². The van der Waals surface area contributed by atoms with Crippen LogP contribution in [0.5, 0.6) is 0 Å². The Labute approximate surface area is 103 Å². The fraction of sp³-hybridized carbons (Fsp3) is 0.400. The molecule has 1 heterocycles. The molecule has 2 nitrogen and oxygen atoms in total. The van der Waals surface area contributed by atoms with Crippen LogP contribution < -0.4 is 5.32 Å². The predicted molar refractivity (Wildman–Crippen MR) is 73.2 cm³/mol. The van der Waals surface area contributed by atoms with Gasteiger partial charge >= 0.3 is 0 Å². The zero-order chi connectivity index (χ0) is 11.9. The number of hydrogen-bond donors (Lipinski definition) is 1. The summed E-state index contributed by atoms with van der Waals surface area (Å²) < 4.78 is 0. The lowest BCUT2D eigenvalue weighted by Gasteiger charge is -2.04. The number of fused-ring (bicyclic) bond motifs is 1. The first-order chi connectivity index (χ1) is 8.40. The van der Waals surface area contributed by atoms with Crippen molar-refractivity contribution in [3.05, 3.63) is 42.1 Å². The molecular formula is C15H20N2. The lowest BCUT2D eigenvalue weighted by Crippen LogP contribution is -2.16. The quantitative estimate of drug-likeness (QED) is 0.768. The van der Waals surface area contributed by atoms with Gasteiger partial charge in [-0.15, -0.1) is 0 Å². The van der Waals surface area contributed by atoms with Gasteiger partial charge in [-0.3, -0.25) is 4.98 Å². The van der Waals surface area contributed by atoms with Crippen LogP contribution in [-0.2, 0) is 6.42 Å². The molecule has 0 aliphatic rings. The van der Waals surface area contributed by atoms with Crippen molar-refractivity contribution in [2.45, 2.75) is 26.2 Å². The first-order valence-electron chi connectivity index (χ1n) is 6.45. The average Bonchev–Trinajstić information content (AvgIpc) is 2.38. The molecule has 2 heteroatoms. The fourth-order valence-electron chi connectivity index (χ4n) is 1.94. The number of aromatic nitrogens is 1. The van der Waals surface area contributed by atoms with Gasteiger partial charge in [0.25, 0.3) is 0 Å². The van der Waals surface area contributed by atoms with Gasteiger partial charge in [0.2, 0.25) is 0 Å². The highest BCUT2D eigenvalue weighted by Gasteiger charge is 1.97. The molecule has 0 spiro atoms. The second kappa shape index (κ2) is 6.36. The van der Waals surface area contributed by atoms with E-state index in [0.717, 1.165) is 31.4 Å². The van der Waals surface area contributed by atoms with E-state index in [4.69, 9.17) is 0 Å². The maximum atomic E-state index is 4.67. The minimum atomic E-state index is 1.06. The van der Waals surface area contributed by atoms with E-state index in [0.29, 0.717) is 0 Å². The molecule has 0 saturated heterocycles. The first kappa shape index (κ1) is 12.1. The van der Waals surface area contributed by atoms with Crippen LogP contribution >= 0.6 is 0 Å². The molecule has 90 valence electrons. The Hall–Kier alpha value is -1.41. The topological polar surface area (TPSA) is 24.9 Å². The predicted octanol–water partition coefficient (Wildman–Crippen LogP) is 3.17. The number of rotatable bonds is 6. The van der Waals surface area contributed by atoms with Crippen molar-refractivity contribution in [3.63, 3.8) is 0 Å². The molecule has 0 bridgehead atoms. The molecular weight excluding hydrogens is 208 g/mol. The number of pyridine rings is 1. The number of nitrogens with zero attached hydrogens (tertiary/aromatic N) is 1. The molecule has 17 heavy (non-hydrogen) atoms. The highest BCUT2D eigenvalue weighted by Crippen LogP contribution is 2.12. The van der Waals surface area contributed by atoms with Gasteiger partial charge in [-0.1, -0.05) is 31.2 Å². The van der Waals surface area contributed by atoms with Crippen molar-refractivity contribution in [2.75, 3.05) is 13.1 Å². The SMILES string of the molecule is CCCNCCCc1ccc2ccccc2n1. The molecule has 0 aliphatic heterocycles. The summed E-state index contributed by atoms with van der Waals surface area (Å²) in [6.07, 6.45) is 3.42. The van der Waals surface area contributed by atoms with Crippen molar-refractivity contribution in [3.8, 4) is 0 Å².